The van der Waals surface area contributed by atoms with Crippen LogP contribution in [0.1, 0.15) is 16.8 Å². The van der Waals surface area contributed by atoms with Crippen LogP contribution in [0.15, 0.2) is 30.3 Å². The monoisotopic (exact) mass is 448 g/mol. The molecule has 3 aromatic rings. The minimum Gasteiger partial charge on any atom is -0.444 e. The molecule has 2 aromatic heterocycles. The van der Waals surface area contributed by atoms with Gasteiger partial charge in [-0.05, 0) is 38.1 Å². The van der Waals surface area contributed by atoms with Crippen LogP contribution in [0.25, 0.3) is 11.4 Å². The van der Waals surface area contributed by atoms with Crippen LogP contribution >= 0.6 is 0 Å². The van der Waals surface area contributed by atoms with E-state index in [2.05, 4.69) is 25.3 Å². The van der Waals surface area contributed by atoms with E-state index in [-0.39, 0.29) is 23.7 Å². The van der Waals surface area contributed by atoms with Gasteiger partial charge in [0.1, 0.15) is 12.4 Å². The number of amides is 1. The summed E-state index contributed by atoms with van der Waals surface area (Å²) in [6.45, 7) is 3.19. The average molecular weight is 448 g/mol. The fourth-order valence-electron chi connectivity index (χ4n) is 2.76. The molecule has 164 valence electrons. The highest BCUT2D eigenvalue weighted by molar-refractivity contribution is 7.92. The number of carbonyl (C=O) groups is 1. The van der Waals surface area contributed by atoms with E-state index >= 15 is 0 Å². The molecule has 1 amide bonds. The molecule has 10 nitrogen and oxygen atoms in total. The standard InChI is InChI=1S/C19H21FN6O4S/c1-11-5-6-14(20)13(9-11)10-30-19(27)22-18-17(23-25-26(18)3)16-8-7-15(12(2)21-16)24-31(4,28)29/h5-9,24H,10H2,1-4H3,(H,22,27). The molecule has 0 aliphatic heterocycles. The Labute approximate surface area is 178 Å². The second-order valence-corrected chi connectivity index (χ2v) is 8.66. The maximum atomic E-state index is 13.8. The number of sulfonamides is 1. The van der Waals surface area contributed by atoms with Crippen molar-refractivity contribution in [1.82, 2.24) is 20.0 Å². The second-order valence-electron chi connectivity index (χ2n) is 6.91. The van der Waals surface area contributed by atoms with E-state index in [0.29, 0.717) is 17.1 Å². The smallest absolute Gasteiger partial charge is 0.413 e. The van der Waals surface area contributed by atoms with Crippen molar-refractivity contribution in [2.24, 2.45) is 7.05 Å². The van der Waals surface area contributed by atoms with Crippen molar-refractivity contribution in [3.63, 3.8) is 0 Å². The van der Waals surface area contributed by atoms with Gasteiger partial charge >= 0.3 is 6.09 Å². The van der Waals surface area contributed by atoms with Crippen LogP contribution in [0.3, 0.4) is 0 Å². The van der Waals surface area contributed by atoms with Gasteiger partial charge in [0, 0.05) is 12.6 Å². The fraction of sp³-hybridized carbons (Fsp3) is 0.263. The molecule has 3 rings (SSSR count). The lowest BCUT2D eigenvalue weighted by atomic mass is 10.1. The van der Waals surface area contributed by atoms with E-state index in [1.54, 1.807) is 32.2 Å². The molecule has 2 N–H and O–H groups in total. The maximum absolute atomic E-state index is 13.8. The number of ether oxygens (including phenoxy) is 1. The number of pyridine rings is 1. The maximum Gasteiger partial charge on any atom is 0.413 e. The molecule has 0 radical (unpaired) electrons. The number of nitrogens with one attached hydrogen (secondary N) is 2. The van der Waals surface area contributed by atoms with Gasteiger partial charge < -0.3 is 4.74 Å². The molecule has 0 bridgehead atoms. The number of rotatable bonds is 6. The number of anilines is 2. The molecule has 0 fully saturated rings. The van der Waals surface area contributed by atoms with Crippen molar-refractivity contribution in [2.75, 3.05) is 16.3 Å². The number of halogens is 1. The first-order valence-corrected chi connectivity index (χ1v) is 11.0. The summed E-state index contributed by atoms with van der Waals surface area (Å²) in [6.07, 6.45) is 0.221. The van der Waals surface area contributed by atoms with Crippen LogP contribution in [-0.4, -0.2) is 40.7 Å². The van der Waals surface area contributed by atoms with E-state index < -0.39 is 21.9 Å². The normalized spacial score (nSPS) is 11.3. The highest BCUT2D eigenvalue weighted by Gasteiger charge is 2.19. The lowest BCUT2D eigenvalue weighted by molar-refractivity contribution is 0.153. The van der Waals surface area contributed by atoms with Gasteiger partial charge in [0.15, 0.2) is 11.5 Å². The Morgan fingerprint density at radius 2 is 1.97 bits per heavy atom. The minimum absolute atomic E-state index is 0.213. The van der Waals surface area contributed by atoms with E-state index in [4.69, 9.17) is 4.74 Å². The first-order valence-electron chi connectivity index (χ1n) is 9.08. The summed E-state index contributed by atoms with van der Waals surface area (Å²) in [7, 11) is -1.89. The molecule has 31 heavy (non-hydrogen) atoms. The number of carbonyl (C=O) groups excluding carboxylic acids is 1. The lowest BCUT2D eigenvalue weighted by Gasteiger charge is -2.10. The van der Waals surface area contributed by atoms with Gasteiger partial charge in [-0.3, -0.25) is 10.0 Å². The summed E-state index contributed by atoms with van der Waals surface area (Å²) in [6, 6.07) is 7.61. The van der Waals surface area contributed by atoms with Crippen LogP contribution in [0.2, 0.25) is 0 Å². The number of hydrogen-bond acceptors (Lipinski definition) is 7. The highest BCUT2D eigenvalue weighted by Crippen LogP contribution is 2.26. The van der Waals surface area contributed by atoms with Crippen molar-refractivity contribution in [3.05, 3.63) is 53.0 Å². The molecule has 2 heterocycles. The van der Waals surface area contributed by atoms with E-state index in [1.165, 1.54) is 16.8 Å². The van der Waals surface area contributed by atoms with E-state index in [9.17, 15) is 17.6 Å². The topological polar surface area (TPSA) is 128 Å². The summed E-state index contributed by atoms with van der Waals surface area (Å²) in [5.74, 6) is -0.255. The summed E-state index contributed by atoms with van der Waals surface area (Å²) in [5, 5.41) is 10.4. The van der Waals surface area contributed by atoms with Gasteiger partial charge in [-0.2, -0.15) is 0 Å². The molecular weight excluding hydrogens is 427 g/mol. The zero-order valence-corrected chi connectivity index (χ0v) is 18.1. The molecular formula is C19H21FN6O4S. The molecule has 0 aliphatic rings. The van der Waals surface area contributed by atoms with Crippen molar-refractivity contribution >= 4 is 27.6 Å². The Morgan fingerprint density at radius 1 is 1.23 bits per heavy atom. The predicted octanol–water partition coefficient (Wildman–Crippen LogP) is 2.75. The van der Waals surface area contributed by atoms with Crippen molar-refractivity contribution in [1.29, 1.82) is 0 Å². The zero-order valence-electron chi connectivity index (χ0n) is 17.3. The molecule has 0 aliphatic carbocycles. The van der Waals surface area contributed by atoms with E-state index in [0.717, 1.165) is 11.8 Å². The molecule has 1 aromatic carbocycles. The Bertz CT molecular complexity index is 1240. The van der Waals surface area contributed by atoms with Crippen LogP contribution in [0.4, 0.5) is 20.7 Å². The third-order valence-electron chi connectivity index (χ3n) is 4.23. The highest BCUT2D eigenvalue weighted by atomic mass is 32.2. The van der Waals surface area contributed by atoms with Crippen molar-refractivity contribution in [3.8, 4) is 11.4 Å². The quantitative estimate of drug-likeness (QED) is 0.593. The zero-order chi connectivity index (χ0) is 22.8. The van der Waals surface area contributed by atoms with Gasteiger partial charge in [0.05, 0.1) is 23.3 Å². The number of hydrogen-bond donors (Lipinski definition) is 2. The molecule has 0 saturated heterocycles. The number of aryl methyl sites for hydroxylation is 3. The molecule has 0 spiro atoms. The van der Waals surface area contributed by atoms with Gasteiger partial charge in [0.2, 0.25) is 10.0 Å². The first kappa shape index (κ1) is 22.2. The van der Waals surface area contributed by atoms with E-state index in [1.807, 2.05) is 6.92 Å². The predicted molar refractivity (Wildman–Crippen MR) is 112 cm³/mol. The molecule has 0 saturated carbocycles. The fourth-order valence-corrected chi connectivity index (χ4v) is 3.38. The first-order chi connectivity index (χ1) is 14.5. The van der Waals surface area contributed by atoms with Crippen LogP contribution in [-0.2, 0) is 28.4 Å². The summed E-state index contributed by atoms with van der Waals surface area (Å²) >= 11 is 0. The molecule has 12 heteroatoms. The van der Waals surface area contributed by atoms with Crippen LogP contribution in [0, 0.1) is 19.7 Å². The number of aromatic nitrogens is 4. The third kappa shape index (κ3) is 5.54. The Morgan fingerprint density at radius 3 is 2.65 bits per heavy atom. The number of benzene rings is 1. The summed E-state index contributed by atoms with van der Waals surface area (Å²) in [4.78, 5) is 16.6. The second kappa shape index (κ2) is 8.68. The lowest BCUT2D eigenvalue weighted by Crippen LogP contribution is -2.17. The van der Waals surface area contributed by atoms with Gasteiger partial charge in [-0.25, -0.2) is 27.3 Å². The van der Waals surface area contributed by atoms with Crippen LogP contribution in [0.5, 0.6) is 0 Å². The summed E-state index contributed by atoms with van der Waals surface area (Å²) < 4.78 is 45.5. The largest absolute Gasteiger partial charge is 0.444 e. The molecule has 0 atom stereocenters. The van der Waals surface area contributed by atoms with Gasteiger partial charge in [0.25, 0.3) is 0 Å². The minimum atomic E-state index is -3.45. The SMILES string of the molecule is Cc1ccc(F)c(COC(=O)Nc2c(-c3ccc(NS(C)(=O)=O)c(C)n3)nnn2C)c1. The Balaban J connectivity index is 1.77. The summed E-state index contributed by atoms with van der Waals surface area (Å²) in [5.41, 5.74) is 2.46. The average Bonchev–Trinajstić information content (AvgIpc) is 3.03. The van der Waals surface area contributed by atoms with Gasteiger partial charge in [-0.1, -0.05) is 16.8 Å². The van der Waals surface area contributed by atoms with Crippen molar-refractivity contribution in [2.45, 2.75) is 20.5 Å². The van der Waals surface area contributed by atoms with Crippen molar-refractivity contribution < 1.29 is 22.3 Å². The number of nitrogens with zero attached hydrogens (tertiary/aromatic N) is 4. The Hall–Kier alpha value is -3.54. The van der Waals surface area contributed by atoms with Gasteiger partial charge in [-0.15, -0.1) is 5.10 Å². The third-order valence-corrected chi connectivity index (χ3v) is 4.82. The van der Waals surface area contributed by atoms with Crippen LogP contribution < -0.4 is 10.0 Å². The Kier molecular flexibility index (Phi) is 6.20. The molecule has 0 unspecified atom stereocenters.